The third kappa shape index (κ3) is 4.42. The van der Waals surface area contributed by atoms with E-state index in [1.54, 1.807) is 12.1 Å². The van der Waals surface area contributed by atoms with Crippen LogP contribution in [0, 0.1) is 12.8 Å². The molecule has 4 aromatic rings. The Hall–Kier alpha value is -4.20. The third-order valence-electron chi connectivity index (χ3n) is 6.84. The number of nitrogens with zero attached hydrogens (tertiary/aromatic N) is 4. The molecule has 0 bridgehead atoms. The highest BCUT2D eigenvalue weighted by molar-refractivity contribution is 5.79. The predicted octanol–water partition coefficient (Wildman–Crippen LogP) is 4.79. The number of H-pyrrole nitrogens is 1. The van der Waals surface area contributed by atoms with E-state index in [1.165, 1.54) is 24.7 Å². The van der Waals surface area contributed by atoms with Crippen molar-refractivity contribution in [3.05, 3.63) is 87.2 Å². The number of piperidine rings is 1. The average Bonchev–Trinajstić information content (AvgIpc) is 2.85. The Balaban J connectivity index is 1.47. The molecule has 0 radical (unpaired) electrons. The van der Waals surface area contributed by atoms with Crippen molar-refractivity contribution in [1.29, 1.82) is 0 Å². The van der Waals surface area contributed by atoms with Crippen LogP contribution in [0.3, 0.4) is 0 Å². The summed E-state index contributed by atoms with van der Waals surface area (Å²) in [6.07, 6.45) is 3.81. The van der Waals surface area contributed by atoms with E-state index in [4.69, 9.17) is 0 Å². The topological polar surface area (TPSA) is 95.9 Å². The first kappa shape index (κ1) is 23.5. The van der Waals surface area contributed by atoms with Crippen molar-refractivity contribution in [2.24, 2.45) is 5.92 Å². The van der Waals surface area contributed by atoms with Gasteiger partial charge in [0.2, 0.25) is 5.95 Å². The fraction of sp³-hybridized carbons (Fsp3) is 0.286. The summed E-state index contributed by atoms with van der Waals surface area (Å²) in [7, 11) is 0. The Morgan fingerprint density at radius 2 is 1.86 bits per heavy atom. The van der Waals surface area contributed by atoms with Gasteiger partial charge in [0.1, 0.15) is 5.39 Å². The summed E-state index contributed by atoms with van der Waals surface area (Å²) >= 11 is 0. The van der Waals surface area contributed by atoms with Gasteiger partial charge in [-0.15, -0.1) is 0 Å². The summed E-state index contributed by atoms with van der Waals surface area (Å²) < 4.78 is 1.12. The molecule has 0 spiro atoms. The van der Waals surface area contributed by atoms with Crippen LogP contribution in [0.15, 0.2) is 64.8 Å². The number of nitrogens with one attached hydrogen (secondary N) is 2. The number of hydrogen-bond donors (Lipinski definition) is 2. The van der Waals surface area contributed by atoms with E-state index >= 15 is 0 Å². The summed E-state index contributed by atoms with van der Waals surface area (Å²) in [5.41, 5.74) is 4.57. The second kappa shape index (κ2) is 9.45. The fourth-order valence-corrected chi connectivity index (χ4v) is 4.71. The number of aromatic amines is 1. The third-order valence-corrected chi connectivity index (χ3v) is 6.84. The normalized spacial score (nSPS) is 14.2. The van der Waals surface area contributed by atoms with Gasteiger partial charge in [-0.3, -0.25) is 9.78 Å². The summed E-state index contributed by atoms with van der Waals surface area (Å²) in [6, 6.07) is 13.4. The molecule has 3 heterocycles. The van der Waals surface area contributed by atoms with Crippen molar-refractivity contribution in [1.82, 2.24) is 19.5 Å². The molecule has 2 N–H and O–H groups in total. The van der Waals surface area contributed by atoms with Crippen molar-refractivity contribution in [2.75, 3.05) is 23.3 Å². The predicted molar refractivity (Wildman–Crippen MR) is 146 cm³/mol. The van der Waals surface area contributed by atoms with E-state index in [0.717, 1.165) is 46.0 Å². The number of anilines is 3. The largest absolute Gasteiger partial charge is 0.371 e. The number of rotatable bonds is 5. The molecule has 2 aromatic carbocycles. The average molecular weight is 483 g/mol. The molecule has 1 fully saturated rings. The second-order valence-electron chi connectivity index (χ2n) is 9.62. The van der Waals surface area contributed by atoms with Crippen LogP contribution in [-0.4, -0.2) is 32.6 Å². The van der Waals surface area contributed by atoms with Crippen LogP contribution in [0.4, 0.5) is 17.3 Å². The molecule has 36 heavy (non-hydrogen) atoms. The molecule has 1 saturated heterocycles. The number of aryl methyl sites for hydroxylation is 1. The van der Waals surface area contributed by atoms with Gasteiger partial charge < -0.3 is 10.2 Å². The molecular formula is C28H30N6O2. The number of allylic oxidation sites excluding steroid dienone is 1. The monoisotopic (exact) mass is 482 g/mol. The van der Waals surface area contributed by atoms with E-state index in [0.29, 0.717) is 11.6 Å². The van der Waals surface area contributed by atoms with Crippen LogP contribution in [0.1, 0.15) is 37.8 Å². The molecular weight excluding hydrogens is 452 g/mol. The van der Waals surface area contributed by atoms with Crippen molar-refractivity contribution in [3.8, 4) is 5.69 Å². The lowest BCUT2D eigenvalue weighted by Crippen LogP contribution is -2.34. The second-order valence-corrected chi connectivity index (χ2v) is 9.62. The number of aromatic nitrogens is 4. The highest BCUT2D eigenvalue weighted by atomic mass is 16.2. The summed E-state index contributed by atoms with van der Waals surface area (Å²) in [5, 5.41) is 3.45. The zero-order chi connectivity index (χ0) is 25.4. The van der Waals surface area contributed by atoms with Gasteiger partial charge in [0.05, 0.1) is 5.69 Å². The maximum atomic E-state index is 13.1. The first-order valence-corrected chi connectivity index (χ1v) is 12.2. The van der Waals surface area contributed by atoms with Gasteiger partial charge in [-0.25, -0.2) is 14.3 Å². The van der Waals surface area contributed by atoms with Gasteiger partial charge in [-0.2, -0.15) is 4.98 Å². The number of benzene rings is 2. The Bertz CT molecular complexity index is 1580. The molecule has 2 aromatic heterocycles. The van der Waals surface area contributed by atoms with Crippen LogP contribution >= 0.6 is 0 Å². The SMILES string of the molecule is C=C(C)c1cc(Nc2ncc3c(=O)n(-c4ccccc4C)c(=O)[nH]c3n2)ccc1N1CCC(C)CC1. The van der Waals surface area contributed by atoms with Crippen LogP contribution in [0.5, 0.6) is 0 Å². The summed E-state index contributed by atoms with van der Waals surface area (Å²) in [5.74, 6) is 1.05. The van der Waals surface area contributed by atoms with Crippen LogP contribution < -0.4 is 21.5 Å². The maximum absolute atomic E-state index is 13.1. The Labute approximate surface area is 209 Å². The van der Waals surface area contributed by atoms with E-state index in [-0.39, 0.29) is 11.0 Å². The highest BCUT2D eigenvalue weighted by Crippen LogP contribution is 2.32. The number of para-hydroxylation sites is 1. The molecule has 0 unspecified atom stereocenters. The van der Waals surface area contributed by atoms with E-state index in [1.807, 2.05) is 38.1 Å². The summed E-state index contributed by atoms with van der Waals surface area (Å²) in [6.45, 7) is 12.4. The molecule has 0 atom stereocenters. The van der Waals surface area contributed by atoms with Gasteiger partial charge in [0, 0.05) is 36.2 Å². The fourth-order valence-electron chi connectivity index (χ4n) is 4.71. The summed E-state index contributed by atoms with van der Waals surface area (Å²) in [4.78, 5) is 39.9. The van der Waals surface area contributed by atoms with Gasteiger partial charge in [0.25, 0.3) is 5.56 Å². The highest BCUT2D eigenvalue weighted by Gasteiger charge is 2.19. The Morgan fingerprint density at radius 1 is 1.11 bits per heavy atom. The molecule has 8 nitrogen and oxygen atoms in total. The molecule has 8 heteroatoms. The molecule has 1 aliphatic rings. The van der Waals surface area contributed by atoms with Crippen molar-refractivity contribution < 1.29 is 0 Å². The molecule has 0 aliphatic carbocycles. The Kier molecular flexibility index (Phi) is 6.18. The lowest BCUT2D eigenvalue weighted by Gasteiger charge is -2.33. The van der Waals surface area contributed by atoms with Crippen molar-refractivity contribution in [2.45, 2.75) is 33.6 Å². The zero-order valence-electron chi connectivity index (χ0n) is 20.8. The number of fused-ring (bicyclic) bond motifs is 1. The van der Waals surface area contributed by atoms with Crippen LogP contribution in [0.2, 0.25) is 0 Å². The van der Waals surface area contributed by atoms with Crippen molar-refractivity contribution in [3.63, 3.8) is 0 Å². The van der Waals surface area contributed by atoms with E-state index < -0.39 is 11.2 Å². The molecule has 184 valence electrons. The maximum Gasteiger partial charge on any atom is 0.334 e. The first-order valence-electron chi connectivity index (χ1n) is 12.2. The zero-order valence-corrected chi connectivity index (χ0v) is 20.8. The molecule has 1 aliphatic heterocycles. The lowest BCUT2D eigenvalue weighted by atomic mass is 9.97. The van der Waals surface area contributed by atoms with E-state index in [9.17, 15) is 9.59 Å². The minimum absolute atomic E-state index is 0.187. The first-order chi connectivity index (χ1) is 17.3. The minimum atomic E-state index is -0.545. The lowest BCUT2D eigenvalue weighted by molar-refractivity contribution is 0.438. The molecule has 5 rings (SSSR count). The van der Waals surface area contributed by atoms with Crippen molar-refractivity contribution >= 4 is 33.9 Å². The van der Waals surface area contributed by atoms with Gasteiger partial charge in [0.15, 0.2) is 5.65 Å². The standard InChI is InChI=1S/C28H30N6O2/c1-17(2)21-15-20(9-10-24(21)33-13-11-18(3)12-14-33)30-27-29-16-22-25(31-27)32-28(36)34(26(22)35)23-8-6-5-7-19(23)4/h5-10,15-16,18H,1,11-14H2,2-4H3,(H2,29,30,31,32,36). The minimum Gasteiger partial charge on any atom is -0.371 e. The Morgan fingerprint density at radius 3 is 2.58 bits per heavy atom. The van der Waals surface area contributed by atoms with E-state index in [2.05, 4.69) is 44.7 Å². The van der Waals surface area contributed by atoms with Gasteiger partial charge in [-0.1, -0.05) is 31.7 Å². The smallest absolute Gasteiger partial charge is 0.334 e. The van der Waals surface area contributed by atoms with Crippen LogP contribution in [-0.2, 0) is 0 Å². The molecule has 0 saturated carbocycles. The number of hydrogen-bond acceptors (Lipinski definition) is 6. The van der Waals surface area contributed by atoms with Gasteiger partial charge >= 0.3 is 5.69 Å². The van der Waals surface area contributed by atoms with Crippen LogP contribution in [0.25, 0.3) is 22.3 Å². The molecule has 0 amide bonds. The van der Waals surface area contributed by atoms with Gasteiger partial charge in [-0.05, 0) is 68.0 Å². The quantitative estimate of drug-likeness (QED) is 0.425.